The summed E-state index contributed by atoms with van der Waals surface area (Å²) in [5, 5.41) is 11.1. The summed E-state index contributed by atoms with van der Waals surface area (Å²) in [5.74, 6) is 0.492. The summed E-state index contributed by atoms with van der Waals surface area (Å²) in [7, 11) is 0. The van der Waals surface area contributed by atoms with Crippen molar-refractivity contribution in [1.29, 1.82) is 0 Å². The molecule has 2 amide bonds. The molecule has 18 heteroatoms. The van der Waals surface area contributed by atoms with Crippen LogP contribution in [0.5, 0.6) is 17.2 Å². The Balaban J connectivity index is 0.851. The Bertz CT molecular complexity index is 2600. The number of ether oxygens (including phenoxy) is 5. The molecule has 5 fully saturated rings. The van der Waals surface area contributed by atoms with Gasteiger partial charge in [0, 0.05) is 42.1 Å². The number of benzene rings is 4. The zero-order valence-corrected chi connectivity index (χ0v) is 39.8. The summed E-state index contributed by atoms with van der Waals surface area (Å²) in [6.45, 7) is 0.804. The molecule has 4 aromatic carbocycles. The fraction of sp³-hybridized carbons (Fsp3) is 0.373. The Hall–Kier alpha value is -5.81. The summed E-state index contributed by atoms with van der Waals surface area (Å²) in [5.41, 5.74) is 3.41. The van der Waals surface area contributed by atoms with E-state index in [2.05, 4.69) is 4.90 Å². The van der Waals surface area contributed by atoms with E-state index in [9.17, 15) is 28.4 Å². The third-order valence-corrected chi connectivity index (χ3v) is 14.6. The molecule has 3 atom stereocenters. The van der Waals surface area contributed by atoms with Crippen molar-refractivity contribution >= 4 is 58.6 Å². The number of fused-ring (bicyclic) bond motifs is 3. The summed E-state index contributed by atoms with van der Waals surface area (Å²) >= 11 is 14.2. The second-order valence-electron chi connectivity index (χ2n) is 17.6. The van der Waals surface area contributed by atoms with Crippen LogP contribution in [0, 0.1) is 17.0 Å². The summed E-state index contributed by atoms with van der Waals surface area (Å²) in [6, 6.07) is 28.2. The fourth-order valence-corrected chi connectivity index (χ4v) is 10.5. The van der Waals surface area contributed by atoms with Crippen LogP contribution in [0.15, 0.2) is 109 Å². The largest absolute Gasteiger partial charge is 0.619 e. The van der Waals surface area contributed by atoms with Gasteiger partial charge in [0.15, 0.2) is 29.3 Å². The molecule has 1 saturated carbocycles. The monoisotopic (exact) mass is 1000 g/mol. The van der Waals surface area contributed by atoms with Crippen molar-refractivity contribution in [3.8, 4) is 17.2 Å². The number of piperidine rings is 3. The Morgan fingerprint density at radius 2 is 1.59 bits per heavy atom. The standard InChI is InChI=1S/C51H50Cl2F2N4O9S/c52-41-27-57(63)28-42(53)40(41)25-44(37-15-16-43(67-50(54)55)45(24-37)65-31-32-9-10-32)66-49(61)48-58(21-22-69-48)47(60)36-13-11-33(12-14-36)30-64-39-8-4-5-34(23-39)26-59(38-6-2-1-3-7-38)51(62)68-46-29-56-19-17-35(46)18-20-56/h1-8,11-16,23-24,27-28,32,35,44,46,48,50H,9-10,17-22,25-26,29-31H2/t44-,46-,48-/m0/s1. The highest BCUT2D eigenvalue weighted by atomic mass is 35.5. The molecule has 0 unspecified atom stereocenters. The molecule has 5 aromatic rings. The molecular formula is C51H50Cl2F2N4O9S. The number of esters is 1. The van der Waals surface area contributed by atoms with E-state index in [-0.39, 0.29) is 65.8 Å². The van der Waals surface area contributed by atoms with E-state index in [1.807, 2.05) is 54.6 Å². The van der Waals surface area contributed by atoms with E-state index in [4.69, 9.17) is 46.9 Å². The fourth-order valence-electron chi connectivity index (χ4n) is 8.83. The molecule has 5 aliphatic rings. The average Bonchev–Trinajstić information content (AvgIpc) is 4.05. The van der Waals surface area contributed by atoms with E-state index in [1.54, 1.807) is 29.2 Å². The minimum absolute atomic E-state index is 0.0273. The van der Waals surface area contributed by atoms with Gasteiger partial charge < -0.3 is 33.8 Å². The molecule has 1 aliphatic carbocycles. The van der Waals surface area contributed by atoms with Gasteiger partial charge in [0.05, 0.1) is 13.2 Å². The number of anilines is 1. The number of aromatic nitrogens is 1. The molecule has 10 rings (SSSR count). The van der Waals surface area contributed by atoms with Crippen LogP contribution < -0.4 is 23.8 Å². The van der Waals surface area contributed by atoms with Gasteiger partial charge in [-0.15, -0.1) is 11.8 Å². The van der Waals surface area contributed by atoms with Gasteiger partial charge in [0.25, 0.3) is 5.91 Å². The number of rotatable bonds is 18. The Labute approximate surface area is 412 Å². The van der Waals surface area contributed by atoms with Gasteiger partial charge in [0.1, 0.15) is 34.6 Å². The van der Waals surface area contributed by atoms with Crippen LogP contribution in [-0.2, 0) is 33.8 Å². The molecule has 4 aliphatic heterocycles. The maximum absolute atomic E-state index is 14.1. The van der Waals surface area contributed by atoms with Gasteiger partial charge in [-0.2, -0.15) is 13.5 Å². The van der Waals surface area contributed by atoms with E-state index >= 15 is 0 Å². The Kier molecular flexibility index (Phi) is 15.3. The number of carbonyl (C=O) groups excluding carboxylic acids is 3. The van der Waals surface area contributed by atoms with Gasteiger partial charge >= 0.3 is 18.7 Å². The second-order valence-corrected chi connectivity index (χ2v) is 19.6. The maximum atomic E-state index is 14.1. The molecule has 2 bridgehead atoms. The zero-order valence-electron chi connectivity index (χ0n) is 37.4. The quantitative estimate of drug-likeness (QED) is 0.0472. The summed E-state index contributed by atoms with van der Waals surface area (Å²) in [4.78, 5) is 47.3. The lowest BCUT2D eigenvalue weighted by molar-refractivity contribution is -0.605. The molecule has 13 nitrogen and oxygen atoms in total. The van der Waals surface area contributed by atoms with Gasteiger partial charge in [-0.1, -0.05) is 71.7 Å². The maximum Gasteiger partial charge on any atom is 0.414 e. The van der Waals surface area contributed by atoms with Gasteiger partial charge in [-0.05, 0) is 116 Å². The highest BCUT2D eigenvalue weighted by Crippen LogP contribution is 2.39. The number of hydrogen-bond donors (Lipinski definition) is 0. The molecular weight excluding hydrogens is 954 g/mol. The lowest BCUT2D eigenvalue weighted by atomic mass is 9.86. The van der Waals surface area contributed by atoms with E-state index in [1.165, 1.54) is 34.9 Å². The van der Waals surface area contributed by atoms with Crippen LogP contribution in [0.2, 0.25) is 10.0 Å². The van der Waals surface area contributed by atoms with Crippen molar-refractivity contribution in [2.24, 2.45) is 11.8 Å². The lowest BCUT2D eigenvalue weighted by Crippen LogP contribution is -2.53. The number of thioether (sulfide) groups is 1. The minimum Gasteiger partial charge on any atom is -0.619 e. The van der Waals surface area contributed by atoms with Crippen molar-refractivity contribution in [1.82, 2.24) is 9.80 Å². The molecule has 0 spiro atoms. The molecule has 362 valence electrons. The first kappa shape index (κ1) is 48.2. The minimum atomic E-state index is -3.10. The number of nitrogens with zero attached hydrogens (tertiary/aromatic N) is 4. The number of halogens is 4. The molecule has 5 heterocycles. The topological polar surface area (TPSA) is 134 Å². The highest BCUT2D eigenvalue weighted by molar-refractivity contribution is 8.00. The van der Waals surface area contributed by atoms with Gasteiger partial charge in [-0.3, -0.25) is 14.6 Å². The van der Waals surface area contributed by atoms with Crippen molar-refractivity contribution in [2.75, 3.05) is 43.4 Å². The number of hydrogen-bond acceptors (Lipinski definition) is 11. The second kappa shape index (κ2) is 21.9. The number of pyridine rings is 1. The van der Waals surface area contributed by atoms with Gasteiger partial charge in [0.2, 0.25) is 0 Å². The number of para-hydroxylation sites is 1. The molecule has 1 aromatic heterocycles. The van der Waals surface area contributed by atoms with Gasteiger partial charge in [-0.25, -0.2) is 9.59 Å². The smallest absolute Gasteiger partial charge is 0.414 e. The first-order valence-corrected chi connectivity index (χ1v) is 24.7. The van der Waals surface area contributed by atoms with Crippen molar-refractivity contribution in [3.05, 3.63) is 153 Å². The van der Waals surface area contributed by atoms with Crippen molar-refractivity contribution < 1.29 is 51.6 Å². The van der Waals surface area contributed by atoms with Crippen LogP contribution in [0.3, 0.4) is 0 Å². The highest BCUT2D eigenvalue weighted by Gasteiger charge is 2.39. The number of alkyl halides is 2. The van der Waals surface area contributed by atoms with Crippen LogP contribution >= 0.6 is 35.0 Å². The summed E-state index contributed by atoms with van der Waals surface area (Å²) in [6.07, 6.45) is 4.52. The van der Waals surface area contributed by atoms with Crippen LogP contribution in [0.1, 0.15) is 64.4 Å². The number of amides is 2. The predicted molar refractivity (Wildman–Crippen MR) is 256 cm³/mol. The lowest BCUT2D eigenvalue weighted by Gasteiger charge is -2.44. The Morgan fingerprint density at radius 3 is 2.29 bits per heavy atom. The van der Waals surface area contributed by atoms with Crippen molar-refractivity contribution in [2.45, 2.75) is 69.4 Å². The van der Waals surface area contributed by atoms with Crippen LogP contribution in [-0.4, -0.2) is 84.4 Å². The zero-order chi connectivity index (χ0) is 48.0. The Morgan fingerprint density at radius 1 is 0.841 bits per heavy atom. The third kappa shape index (κ3) is 12.1. The predicted octanol–water partition coefficient (Wildman–Crippen LogP) is 9.88. The average molecular weight is 1000 g/mol. The first-order valence-electron chi connectivity index (χ1n) is 22.9. The van der Waals surface area contributed by atoms with E-state index in [0.29, 0.717) is 51.4 Å². The van der Waals surface area contributed by atoms with E-state index < -0.39 is 24.1 Å². The normalized spacial score (nSPS) is 20.0. The molecule has 4 saturated heterocycles. The van der Waals surface area contributed by atoms with Crippen LogP contribution in [0.25, 0.3) is 0 Å². The first-order chi connectivity index (χ1) is 33.4. The van der Waals surface area contributed by atoms with E-state index in [0.717, 1.165) is 74.5 Å². The molecule has 69 heavy (non-hydrogen) atoms. The SMILES string of the molecule is O=C(O[C@@H](Cc1c(Cl)c[n+]([O-])cc1Cl)c1ccc(OC(F)F)c(OCC2CC2)c1)[C@@H]1SCCN1C(=O)c1ccc(COc2cccc(CN(C(=O)O[C@H]3CN4CCC3CC4)c3ccccc3)c2)cc1. The van der Waals surface area contributed by atoms with Crippen LogP contribution in [0.4, 0.5) is 19.3 Å². The van der Waals surface area contributed by atoms with Crippen molar-refractivity contribution in [3.63, 3.8) is 0 Å². The number of carbonyl (C=O) groups is 3. The molecule has 0 N–H and O–H groups in total. The molecule has 0 radical (unpaired) electrons. The third-order valence-electron chi connectivity index (χ3n) is 12.8. The summed E-state index contributed by atoms with van der Waals surface area (Å²) < 4.78 is 56.3.